The Kier molecular flexibility index (Phi) is 11.5. The Bertz CT molecular complexity index is 1170. The summed E-state index contributed by atoms with van der Waals surface area (Å²) in [4.78, 5) is 30.4. The predicted octanol–water partition coefficient (Wildman–Crippen LogP) is 5.63. The van der Waals surface area contributed by atoms with Crippen molar-refractivity contribution in [3.8, 4) is 11.5 Å². The number of benzene rings is 2. The van der Waals surface area contributed by atoms with Crippen molar-refractivity contribution in [1.29, 1.82) is 0 Å². The van der Waals surface area contributed by atoms with Crippen LogP contribution in [0.15, 0.2) is 72.9 Å². The Labute approximate surface area is 233 Å². The van der Waals surface area contributed by atoms with Gasteiger partial charge >= 0.3 is 0 Å². The Morgan fingerprint density at radius 2 is 1.67 bits per heavy atom. The average molecular weight is 534 g/mol. The van der Waals surface area contributed by atoms with Gasteiger partial charge in [0.2, 0.25) is 5.91 Å². The Balaban J connectivity index is 1.73. The van der Waals surface area contributed by atoms with E-state index in [0.29, 0.717) is 31.3 Å². The van der Waals surface area contributed by atoms with Crippen LogP contribution in [0.4, 0.5) is 0 Å². The maximum Gasteiger partial charge on any atom is 0.260 e. The van der Waals surface area contributed by atoms with Gasteiger partial charge in [0.1, 0.15) is 11.5 Å². The summed E-state index contributed by atoms with van der Waals surface area (Å²) in [6.07, 6.45) is 3.67. The zero-order valence-electron chi connectivity index (χ0n) is 24.0. The summed E-state index contributed by atoms with van der Waals surface area (Å²) in [7, 11) is 1.67. The van der Waals surface area contributed by atoms with Gasteiger partial charge in [-0.25, -0.2) is 0 Å². The number of carbonyl (C=O) groups excluding carboxylic acids is 2. The minimum atomic E-state index is -0.182. The van der Waals surface area contributed by atoms with Gasteiger partial charge in [-0.05, 0) is 67.6 Å². The van der Waals surface area contributed by atoms with E-state index in [2.05, 4.69) is 44.4 Å². The molecular formula is C32H43N3O4. The van der Waals surface area contributed by atoms with Gasteiger partial charge in [0, 0.05) is 31.0 Å². The van der Waals surface area contributed by atoms with Crippen LogP contribution in [-0.2, 0) is 22.7 Å². The van der Waals surface area contributed by atoms with E-state index >= 15 is 0 Å². The molecule has 0 fully saturated rings. The lowest BCUT2D eigenvalue weighted by Gasteiger charge is -2.32. The topological polar surface area (TPSA) is 64.0 Å². The van der Waals surface area contributed by atoms with Gasteiger partial charge in [-0.15, -0.1) is 0 Å². The fraction of sp³-hybridized carbons (Fsp3) is 0.438. The molecule has 0 aliphatic heterocycles. The molecular weight excluding hydrogens is 490 g/mol. The summed E-state index contributed by atoms with van der Waals surface area (Å²) in [6.45, 7) is 9.98. The number of ether oxygens (including phenoxy) is 2. The summed E-state index contributed by atoms with van der Waals surface area (Å²) < 4.78 is 13.2. The van der Waals surface area contributed by atoms with Crippen molar-refractivity contribution in [3.05, 3.63) is 84.2 Å². The van der Waals surface area contributed by atoms with E-state index in [1.807, 2.05) is 65.7 Å². The number of hydrogen-bond acceptors (Lipinski definition) is 4. The minimum absolute atomic E-state index is 0.0280. The second-order valence-electron chi connectivity index (χ2n) is 10.4. The molecule has 1 heterocycles. The van der Waals surface area contributed by atoms with Crippen LogP contribution in [0.3, 0.4) is 0 Å². The van der Waals surface area contributed by atoms with Gasteiger partial charge in [0.25, 0.3) is 5.91 Å². The molecule has 0 N–H and O–H groups in total. The van der Waals surface area contributed by atoms with Gasteiger partial charge in [0.15, 0.2) is 6.61 Å². The van der Waals surface area contributed by atoms with E-state index in [9.17, 15) is 9.59 Å². The van der Waals surface area contributed by atoms with Crippen molar-refractivity contribution in [2.24, 2.45) is 5.92 Å². The zero-order chi connectivity index (χ0) is 28.2. The van der Waals surface area contributed by atoms with Crippen LogP contribution in [0, 0.1) is 5.92 Å². The molecule has 39 heavy (non-hydrogen) atoms. The standard InChI is InChI=1S/C32H43N3O4/c1-6-26(4)35(22-28-13-11-18-33(28)21-27-12-10-16-30(20-27)38-5)31(36)23-34(19-17-25(2)3)32(37)24-39-29-14-8-7-9-15-29/h7-16,18,20,25-26H,6,17,19,21-24H2,1-5H3/t26-/m0/s1. The third kappa shape index (κ3) is 9.20. The second-order valence-corrected chi connectivity index (χ2v) is 10.4. The predicted molar refractivity (Wildman–Crippen MR) is 155 cm³/mol. The molecule has 0 aliphatic rings. The Morgan fingerprint density at radius 1 is 0.923 bits per heavy atom. The summed E-state index contributed by atoms with van der Waals surface area (Å²) in [5, 5.41) is 0. The summed E-state index contributed by atoms with van der Waals surface area (Å²) >= 11 is 0. The van der Waals surface area contributed by atoms with Crippen LogP contribution >= 0.6 is 0 Å². The van der Waals surface area contributed by atoms with E-state index in [1.54, 1.807) is 12.0 Å². The van der Waals surface area contributed by atoms with Gasteiger partial charge in [-0.1, -0.05) is 51.1 Å². The molecule has 0 radical (unpaired) electrons. The third-order valence-corrected chi connectivity index (χ3v) is 6.95. The lowest BCUT2D eigenvalue weighted by atomic mass is 10.1. The van der Waals surface area contributed by atoms with Gasteiger partial charge in [-0.3, -0.25) is 9.59 Å². The smallest absolute Gasteiger partial charge is 0.260 e. The second kappa shape index (κ2) is 15.0. The Hall–Kier alpha value is -3.74. The number of carbonyl (C=O) groups is 2. The highest BCUT2D eigenvalue weighted by atomic mass is 16.5. The molecule has 2 aromatic carbocycles. The van der Waals surface area contributed by atoms with E-state index in [-0.39, 0.29) is 31.0 Å². The number of amides is 2. The molecule has 0 unspecified atom stereocenters. The normalized spacial score (nSPS) is 11.7. The van der Waals surface area contributed by atoms with E-state index in [1.165, 1.54) is 0 Å². The first-order valence-corrected chi connectivity index (χ1v) is 13.8. The van der Waals surface area contributed by atoms with Crippen molar-refractivity contribution < 1.29 is 19.1 Å². The first-order chi connectivity index (χ1) is 18.8. The Morgan fingerprint density at radius 3 is 2.36 bits per heavy atom. The number of methoxy groups -OCH3 is 1. The lowest BCUT2D eigenvalue weighted by Crippen LogP contribution is -2.47. The van der Waals surface area contributed by atoms with E-state index in [0.717, 1.165) is 29.8 Å². The highest BCUT2D eigenvalue weighted by Gasteiger charge is 2.25. The highest BCUT2D eigenvalue weighted by Crippen LogP contribution is 2.18. The van der Waals surface area contributed by atoms with E-state index < -0.39 is 0 Å². The SMILES string of the molecule is CC[C@H](C)N(Cc1cccn1Cc1cccc(OC)c1)C(=O)CN(CCC(C)C)C(=O)COc1ccccc1. The number of rotatable bonds is 15. The largest absolute Gasteiger partial charge is 0.497 e. The van der Waals surface area contributed by atoms with Crippen LogP contribution in [-0.4, -0.2) is 59.0 Å². The van der Waals surface area contributed by atoms with Gasteiger partial charge in [-0.2, -0.15) is 0 Å². The molecule has 0 aliphatic carbocycles. The van der Waals surface area contributed by atoms with Crippen LogP contribution < -0.4 is 9.47 Å². The molecule has 7 heteroatoms. The van der Waals surface area contributed by atoms with Gasteiger partial charge in [0.05, 0.1) is 20.2 Å². The van der Waals surface area contributed by atoms with Crippen LogP contribution in [0.1, 0.15) is 51.8 Å². The number of nitrogens with zero attached hydrogens (tertiary/aromatic N) is 3. The zero-order valence-corrected chi connectivity index (χ0v) is 24.0. The molecule has 210 valence electrons. The molecule has 0 saturated carbocycles. The molecule has 3 aromatic rings. The molecule has 0 spiro atoms. The maximum absolute atomic E-state index is 13.7. The number of aromatic nitrogens is 1. The molecule has 3 rings (SSSR count). The summed E-state index contributed by atoms with van der Waals surface area (Å²) in [5.41, 5.74) is 2.16. The van der Waals surface area contributed by atoms with Crippen molar-refractivity contribution in [2.75, 3.05) is 26.8 Å². The monoisotopic (exact) mass is 533 g/mol. The average Bonchev–Trinajstić information content (AvgIpc) is 3.38. The quantitative estimate of drug-likeness (QED) is 0.254. The van der Waals surface area contributed by atoms with E-state index in [4.69, 9.17) is 9.47 Å². The number of para-hydroxylation sites is 1. The first kappa shape index (κ1) is 29.8. The molecule has 2 amide bonds. The molecule has 1 atom stereocenters. The first-order valence-electron chi connectivity index (χ1n) is 13.8. The van der Waals surface area contributed by atoms with Crippen LogP contribution in [0.5, 0.6) is 11.5 Å². The molecule has 0 saturated heterocycles. The summed E-state index contributed by atoms with van der Waals surface area (Å²) in [5.74, 6) is 1.63. The minimum Gasteiger partial charge on any atom is -0.497 e. The van der Waals surface area contributed by atoms with Crippen molar-refractivity contribution >= 4 is 11.8 Å². The van der Waals surface area contributed by atoms with Crippen molar-refractivity contribution in [1.82, 2.24) is 14.4 Å². The number of hydrogen-bond donors (Lipinski definition) is 0. The lowest BCUT2D eigenvalue weighted by molar-refractivity contribution is -0.143. The third-order valence-electron chi connectivity index (χ3n) is 6.95. The van der Waals surface area contributed by atoms with Crippen LogP contribution in [0.25, 0.3) is 0 Å². The molecule has 0 bridgehead atoms. The highest BCUT2D eigenvalue weighted by molar-refractivity contribution is 5.85. The molecule has 7 nitrogen and oxygen atoms in total. The van der Waals surface area contributed by atoms with Crippen LogP contribution in [0.2, 0.25) is 0 Å². The molecule has 1 aromatic heterocycles. The van der Waals surface area contributed by atoms with Gasteiger partial charge < -0.3 is 23.8 Å². The van der Waals surface area contributed by atoms with Crippen molar-refractivity contribution in [2.45, 2.75) is 59.7 Å². The fourth-order valence-electron chi connectivity index (χ4n) is 4.31. The summed E-state index contributed by atoms with van der Waals surface area (Å²) in [6, 6.07) is 21.4. The fourth-order valence-corrected chi connectivity index (χ4v) is 4.31. The maximum atomic E-state index is 13.7. The van der Waals surface area contributed by atoms with Crippen molar-refractivity contribution in [3.63, 3.8) is 0 Å².